The fraction of sp³-hybridized carbons (Fsp3) is 0.500. The number of halogens is 3. The molecule has 16 heavy (non-hydrogen) atoms. The molecule has 0 aliphatic carbocycles. The van der Waals surface area contributed by atoms with Gasteiger partial charge in [-0.25, -0.2) is 0 Å². The second kappa shape index (κ2) is 3.62. The standard InChI is InChI=1S/C10H11F3N2O/c1-5(16)8-6-4-14-3-2-7(6)15-9(8)10(11,12)13/h14-15H,2-4H2,1H3. The SMILES string of the molecule is CC(=O)c1c(C(F)(F)F)[nH]c2c1CNCC2. The number of carbonyl (C=O) groups is 1. The molecule has 0 radical (unpaired) electrons. The Morgan fingerprint density at radius 1 is 1.38 bits per heavy atom. The van der Waals surface area contributed by atoms with Crippen LogP contribution < -0.4 is 5.32 Å². The molecule has 1 aliphatic rings. The molecule has 2 rings (SSSR count). The van der Waals surface area contributed by atoms with Crippen LogP contribution in [0.1, 0.15) is 34.2 Å². The number of carbonyl (C=O) groups excluding carboxylic acids is 1. The molecule has 6 heteroatoms. The van der Waals surface area contributed by atoms with Gasteiger partial charge in [-0.1, -0.05) is 0 Å². The zero-order valence-electron chi connectivity index (χ0n) is 8.66. The Balaban J connectivity index is 2.61. The van der Waals surface area contributed by atoms with Crippen LogP contribution in [0.2, 0.25) is 0 Å². The fourth-order valence-electron chi connectivity index (χ4n) is 2.03. The molecule has 0 spiro atoms. The molecular weight excluding hydrogens is 221 g/mol. The number of nitrogens with one attached hydrogen (secondary N) is 2. The van der Waals surface area contributed by atoms with Gasteiger partial charge in [0, 0.05) is 25.2 Å². The predicted molar refractivity (Wildman–Crippen MR) is 51.2 cm³/mol. The van der Waals surface area contributed by atoms with Gasteiger partial charge in [0.2, 0.25) is 0 Å². The summed E-state index contributed by atoms with van der Waals surface area (Å²) in [5.74, 6) is -0.548. The number of aromatic amines is 1. The fourth-order valence-corrected chi connectivity index (χ4v) is 2.03. The summed E-state index contributed by atoms with van der Waals surface area (Å²) in [5, 5.41) is 2.96. The average molecular weight is 232 g/mol. The monoisotopic (exact) mass is 232 g/mol. The molecule has 0 fully saturated rings. The molecular formula is C10H11F3N2O. The number of aromatic nitrogens is 1. The molecule has 0 bridgehead atoms. The third kappa shape index (κ3) is 1.73. The first-order valence-corrected chi connectivity index (χ1v) is 4.94. The van der Waals surface area contributed by atoms with Crippen LogP contribution in [0, 0.1) is 0 Å². The molecule has 0 atom stereocenters. The second-order valence-corrected chi connectivity index (χ2v) is 3.81. The molecule has 2 heterocycles. The van der Waals surface area contributed by atoms with Gasteiger partial charge >= 0.3 is 6.18 Å². The quantitative estimate of drug-likeness (QED) is 0.726. The Morgan fingerprint density at radius 2 is 2.06 bits per heavy atom. The largest absolute Gasteiger partial charge is 0.431 e. The number of hydrogen-bond donors (Lipinski definition) is 2. The number of Topliss-reactive ketones (excluding diaryl/α,β-unsaturated/α-hetero) is 1. The van der Waals surface area contributed by atoms with Crippen LogP contribution in [0.4, 0.5) is 13.2 Å². The van der Waals surface area contributed by atoms with Gasteiger partial charge in [-0.05, 0) is 12.5 Å². The van der Waals surface area contributed by atoms with Crippen LogP contribution in [0.15, 0.2) is 0 Å². The van der Waals surface area contributed by atoms with E-state index in [0.29, 0.717) is 30.8 Å². The molecule has 0 saturated carbocycles. The summed E-state index contributed by atoms with van der Waals surface area (Å²) < 4.78 is 38.1. The Kier molecular flexibility index (Phi) is 2.53. The van der Waals surface area contributed by atoms with Crippen molar-refractivity contribution in [1.29, 1.82) is 0 Å². The number of fused-ring (bicyclic) bond motifs is 1. The summed E-state index contributed by atoms with van der Waals surface area (Å²) in [4.78, 5) is 13.6. The van der Waals surface area contributed by atoms with Crippen molar-refractivity contribution in [2.45, 2.75) is 26.1 Å². The number of H-pyrrole nitrogens is 1. The van der Waals surface area contributed by atoms with Crippen LogP contribution in [-0.4, -0.2) is 17.3 Å². The van der Waals surface area contributed by atoms with Crippen molar-refractivity contribution < 1.29 is 18.0 Å². The normalized spacial score (nSPS) is 16.0. The lowest BCUT2D eigenvalue weighted by molar-refractivity contribution is -0.141. The Hall–Kier alpha value is -1.30. The van der Waals surface area contributed by atoms with E-state index in [2.05, 4.69) is 10.3 Å². The lowest BCUT2D eigenvalue weighted by Gasteiger charge is -2.13. The highest BCUT2D eigenvalue weighted by Crippen LogP contribution is 2.35. The van der Waals surface area contributed by atoms with Crippen LogP contribution in [0.5, 0.6) is 0 Å². The van der Waals surface area contributed by atoms with Gasteiger partial charge in [-0.2, -0.15) is 13.2 Å². The lowest BCUT2D eigenvalue weighted by atomic mass is 10.0. The minimum Gasteiger partial charge on any atom is -0.354 e. The Bertz CT molecular complexity index is 434. The first-order valence-electron chi connectivity index (χ1n) is 4.94. The first kappa shape index (κ1) is 11.2. The highest BCUT2D eigenvalue weighted by atomic mass is 19.4. The minimum atomic E-state index is -4.50. The topological polar surface area (TPSA) is 44.9 Å². The van der Waals surface area contributed by atoms with E-state index in [-0.39, 0.29) is 5.56 Å². The number of hydrogen-bond acceptors (Lipinski definition) is 2. The maximum absolute atomic E-state index is 12.7. The lowest BCUT2D eigenvalue weighted by Crippen LogP contribution is -2.24. The Morgan fingerprint density at radius 3 is 2.62 bits per heavy atom. The van der Waals surface area contributed by atoms with E-state index in [1.807, 2.05) is 0 Å². The predicted octanol–water partition coefficient (Wildman–Crippen LogP) is 1.88. The molecule has 0 aromatic carbocycles. The van der Waals surface area contributed by atoms with Gasteiger partial charge in [0.05, 0.1) is 5.56 Å². The van der Waals surface area contributed by atoms with Gasteiger partial charge in [0.1, 0.15) is 5.69 Å². The summed E-state index contributed by atoms with van der Waals surface area (Å²) in [6.45, 7) is 2.10. The zero-order valence-corrected chi connectivity index (χ0v) is 8.66. The van der Waals surface area contributed by atoms with E-state index in [9.17, 15) is 18.0 Å². The number of alkyl halides is 3. The van der Waals surface area contributed by atoms with E-state index >= 15 is 0 Å². The van der Waals surface area contributed by atoms with Crippen LogP contribution in [0.3, 0.4) is 0 Å². The average Bonchev–Trinajstić information content (AvgIpc) is 2.55. The molecule has 0 unspecified atom stereocenters. The number of rotatable bonds is 1. The second-order valence-electron chi connectivity index (χ2n) is 3.81. The van der Waals surface area contributed by atoms with Crippen LogP contribution in [-0.2, 0) is 19.1 Å². The summed E-state index contributed by atoms with van der Waals surface area (Å²) in [6, 6.07) is 0. The first-order chi connectivity index (χ1) is 7.41. The summed E-state index contributed by atoms with van der Waals surface area (Å²) in [6.07, 6.45) is -4.01. The van der Waals surface area contributed by atoms with Crippen molar-refractivity contribution in [3.05, 3.63) is 22.5 Å². The Labute approximate surface area is 90.0 Å². The smallest absolute Gasteiger partial charge is 0.354 e. The van der Waals surface area contributed by atoms with Crippen molar-refractivity contribution in [3.8, 4) is 0 Å². The van der Waals surface area contributed by atoms with E-state index in [0.717, 1.165) is 6.92 Å². The summed E-state index contributed by atoms with van der Waals surface area (Å²) in [7, 11) is 0. The molecule has 3 nitrogen and oxygen atoms in total. The van der Waals surface area contributed by atoms with Crippen molar-refractivity contribution in [2.24, 2.45) is 0 Å². The minimum absolute atomic E-state index is 0.213. The van der Waals surface area contributed by atoms with Crippen LogP contribution in [0.25, 0.3) is 0 Å². The van der Waals surface area contributed by atoms with E-state index in [4.69, 9.17) is 0 Å². The molecule has 1 aromatic rings. The molecule has 1 aliphatic heterocycles. The van der Waals surface area contributed by atoms with Crippen molar-refractivity contribution in [2.75, 3.05) is 6.54 Å². The van der Waals surface area contributed by atoms with Crippen molar-refractivity contribution in [1.82, 2.24) is 10.3 Å². The maximum Gasteiger partial charge on any atom is 0.431 e. The van der Waals surface area contributed by atoms with E-state index in [1.54, 1.807) is 0 Å². The van der Waals surface area contributed by atoms with E-state index in [1.165, 1.54) is 0 Å². The van der Waals surface area contributed by atoms with Gasteiger partial charge in [-0.3, -0.25) is 4.79 Å². The molecule has 0 amide bonds. The van der Waals surface area contributed by atoms with Gasteiger partial charge in [0.15, 0.2) is 5.78 Å². The molecule has 0 saturated heterocycles. The van der Waals surface area contributed by atoms with Gasteiger partial charge in [0.25, 0.3) is 0 Å². The molecule has 2 N–H and O–H groups in total. The van der Waals surface area contributed by atoms with Crippen molar-refractivity contribution >= 4 is 5.78 Å². The van der Waals surface area contributed by atoms with E-state index < -0.39 is 17.7 Å². The maximum atomic E-state index is 12.7. The summed E-state index contributed by atoms with van der Waals surface area (Å²) in [5.41, 5.74) is -0.134. The highest BCUT2D eigenvalue weighted by Gasteiger charge is 2.39. The van der Waals surface area contributed by atoms with Crippen LogP contribution >= 0.6 is 0 Å². The van der Waals surface area contributed by atoms with Gasteiger partial charge < -0.3 is 10.3 Å². The highest BCUT2D eigenvalue weighted by molar-refractivity contribution is 5.97. The third-order valence-corrected chi connectivity index (χ3v) is 2.68. The summed E-state index contributed by atoms with van der Waals surface area (Å²) >= 11 is 0. The van der Waals surface area contributed by atoms with Crippen molar-refractivity contribution in [3.63, 3.8) is 0 Å². The zero-order chi connectivity index (χ0) is 11.9. The molecule has 88 valence electrons. The third-order valence-electron chi connectivity index (χ3n) is 2.68. The number of ketones is 1. The molecule has 1 aromatic heterocycles. The van der Waals surface area contributed by atoms with Gasteiger partial charge in [-0.15, -0.1) is 0 Å².